The molecule has 0 fully saturated rings. The molecule has 0 aliphatic carbocycles. The van der Waals surface area contributed by atoms with Crippen molar-refractivity contribution >= 4 is 12.1 Å². The number of amides is 1. The van der Waals surface area contributed by atoms with Crippen LogP contribution < -0.4 is 10.9 Å². The fourth-order valence-corrected chi connectivity index (χ4v) is 4.25. The van der Waals surface area contributed by atoms with Gasteiger partial charge in [0.25, 0.3) is 5.56 Å². The number of ether oxygens (including phenoxy) is 2. The van der Waals surface area contributed by atoms with Gasteiger partial charge in [-0.3, -0.25) is 9.36 Å². The maximum absolute atomic E-state index is 12.9. The Morgan fingerprint density at radius 2 is 1.97 bits per heavy atom. The van der Waals surface area contributed by atoms with E-state index in [9.17, 15) is 19.5 Å². The van der Waals surface area contributed by atoms with E-state index in [1.807, 2.05) is 44.2 Å². The number of carbonyl (C=O) groups excluding carboxylic acids is 2. The lowest BCUT2D eigenvalue weighted by Gasteiger charge is -2.41. The number of hydrogen-bond acceptors (Lipinski definition) is 7. The lowest BCUT2D eigenvalue weighted by Crippen LogP contribution is -2.54. The van der Waals surface area contributed by atoms with E-state index in [2.05, 4.69) is 10.3 Å². The molecule has 1 aliphatic rings. The first-order valence-electron chi connectivity index (χ1n) is 10.8. The summed E-state index contributed by atoms with van der Waals surface area (Å²) >= 11 is 0. The molecule has 32 heavy (non-hydrogen) atoms. The molecule has 0 bridgehead atoms. The van der Waals surface area contributed by atoms with Crippen LogP contribution in [-0.2, 0) is 28.2 Å². The molecule has 0 spiro atoms. The number of aromatic hydroxyl groups is 1. The van der Waals surface area contributed by atoms with E-state index in [0.717, 1.165) is 5.56 Å². The Kier molecular flexibility index (Phi) is 7.17. The predicted molar refractivity (Wildman–Crippen MR) is 116 cm³/mol. The average molecular weight is 444 g/mol. The fourth-order valence-electron chi connectivity index (χ4n) is 4.25. The highest BCUT2D eigenvalue weighted by Crippen LogP contribution is 2.37. The van der Waals surface area contributed by atoms with E-state index >= 15 is 0 Å². The maximum Gasteiger partial charge on any atom is 0.408 e. The highest BCUT2D eigenvalue weighted by Gasteiger charge is 2.44. The number of aromatic nitrogens is 2. The van der Waals surface area contributed by atoms with Crippen molar-refractivity contribution in [2.45, 2.75) is 58.7 Å². The summed E-state index contributed by atoms with van der Waals surface area (Å²) in [5.41, 5.74) is -1.37. The zero-order valence-electron chi connectivity index (χ0n) is 18.6. The number of carbonyl (C=O) groups is 2. The SMILES string of the molecule is CCCC1(NC(=O)OCc2ccccc2)CC(C)Cn2c1nc(C(=O)OCC)c(O)c2=O. The Hall–Kier alpha value is -3.36. The van der Waals surface area contributed by atoms with Crippen molar-refractivity contribution in [3.8, 4) is 5.75 Å². The van der Waals surface area contributed by atoms with Crippen molar-refractivity contribution in [2.24, 2.45) is 5.92 Å². The number of benzene rings is 1. The summed E-state index contributed by atoms with van der Waals surface area (Å²) in [6.07, 6.45) is 0.998. The Morgan fingerprint density at radius 1 is 1.25 bits per heavy atom. The van der Waals surface area contributed by atoms with Crippen molar-refractivity contribution in [1.82, 2.24) is 14.9 Å². The second-order valence-electron chi connectivity index (χ2n) is 8.10. The third-order valence-corrected chi connectivity index (χ3v) is 5.46. The van der Waals surface area contributed by atoms with Crippen molar-refractivity contribution in [3.63, 3.8) is 0 Å². The summed E-state index contributed by atoms with van der Waals surface area (Å²) in [5, 5.41) is 13.2. The molecule has 0 saturated heterocycles. The van der Waals surface area contributed by atoms with Crippen LogP contribution in [0.3, 0.4) is 0 Å². The normalized spacial score (nSPS) is 19.7. The number of fused-ring (bicyclic) bond motifs is 1. The largest absolute Gasteiger partial charge is 0.501 e. The van der Waals surface area contributed by atoms with Gasteiger partial charge in [0.15, 0.2) is 5.69 Å². The first-order chi connectivity index (χ1) is 15.3. The minimum atomic E-state index is -1.03. The smallest absolute Gasteiger partial charge is 0.408 e. The number of nitrogens with one attached hydrogen (secondary N) is 1. The van der Waals surface area contributed by atoms with Gasteiger partial charge in [0, 0.05) is 6.54 Å². The monoisotopic (exact) mass is 443 g/mol. The summed E-state index contributed by atoms with van der Waals surface area (Å²) in [4.78, 5) is 42.3. The van der Waals surface area contributed by atoms with Crippen molar-refractivity contribution in [2.75, 3.05) is 6.61 Å². The number of nitrogens with zero attached hydrogens (tertiary/aromatic N) is 2. The Bertz CT molecular complexity index is 1040. The lowest BCUT2D eigenvalue weighted by atomic mass is 9.80. The van der Waals surface area contributed by atoms with Gasteiger partial charge >= 0.3 is 12.1 Å². The molecule has 3 rings (SSSR count). The standard InChI is InChI=1S/C23H29N3O6/c1-4-11-23(25-22(30)32-14-16-9-7-6-8-10-16)12-15(3)13-26-19(28)18(27)17(24-21(23)26)20(29)31-5-2/h6-10,15,27H,4-5,11-14H2,1-3H3,(H,25,30). The minimum Gasteiger partial charge on any atom is -0.501 e. The molecule has 1 aromatic heterocycles. The van der Waals surface area contributed by atoms with Crippen molar-refractivity contribution in [1.29, 1.82) is 0 Å². The molecular formula is C23H29N3O6. The van der Waals surface area contributed by atoms with Crippen LogP contribution in [0.5, 0.6) is 5.75 Å². The molecule has 9 nitrogen and oxygen atoms in total. The molecule has 1 amide bonds. The molecule has 2 N–H and O–H groups in total. The van der Waals surface area contributed by atoms with Gasteiger partial charge in [-0.05, 0) is 31.2 Å². The van der Waals surface area contributed by atoms with Crippen LogP contribution >= 0.6 is 0 Å². The minimum absolute atomic E-state index is 0.0100. The van der Waals surface area contributed by atoms with Crippen molar-refractivity contribution in [3.05, 3.63) is 57.8 Å². The van der Waals surface area contributed by atoms with Crippen LogP contribution in [0, 0.1) is 5.92 Å². The van der Waals surface area contributed by atoms with Crippen LogP contribution in [-0.4, -0.2) is 33.3 Å². The summed E-state index contributed by atoms with van der Waals surface area (Å²) in [6, 6.07) is 9.28. The molecule has 1 aliphatic heterocycles. The third kappa shape index (κ3) is 4.76. The first-order valence-corrected chi connectivity index (χ1v) is 10.8. The van der Waals surface area contributed by atoms with Gasteiger partial charge in [-0.25, -0.2) is 14.6 Å². The lowest BCUT2D eigenvalue weighted by molar-refractivity contribution is 0.0511. The van der Waals surface area contributed by atoms with E-state index in [-0.39, 0.29) is 25.0 Å². The van der Waals surface area contributed by atoms with Crippen LogP contribution in [0.15, 0.2) is 35.1 Å². The average Bonchev–Trinajstić information content (AvgIpc) is 2.76. The molecule has 0 radical (unpaired) electrons. The summed E-state index contributed by atoms with van der Waals surface area (Å²) in [5.74, 6) is -1.41. The zero-order valence-corrected chi connectivity index (χ0v) is 18.6. The third-order valence-electron chi connectivity index (χ3n) is 5.46. The van der Waals surface area contributed by atoms with Gasteiger partial charge in [-0.2, -0.15) is 0 Å². The number of rotatable bonds is 7. The highest BCUT2D eigenvalue weighted by molar-refractivity contribution is 5.90. The molecule has 1 aromatic carbocycles. The molecular weight excluding hydrogens is 414 g/mol. The molecule has 172 valence electrons. The van der Waals surface area contributed by atoms with E-state index in [1.165, 1.54) is 4.57 Å². The van der Waals surface area contributed by atoms with Gasteiger partial charge in [-0.1, -0.05) is 50.6 Å². The fraction of sp³-hybridized carbons (Fsp3) is 0.478. The topological polar surface area (TPSA) is 120 Å². The van der Waals surface area contributed by atoms with E-state index < -0.39 is 34.6 Å². The summed E-state index contributed by atoms with van der Waals surface area (Å²) in [7, 11) is 0. The van der Waals surface area contributed by atoms with Crippen LogP contribution in [0.1, 0.15) is 61.9 Å². The highest BCUT2D eigenvalue weighted by atomic mass is 16.5. The number of esters is 1. The number of alkyl carbamates (subject to hydrolysis) is 1. The molecule has 2 atom stereocenters. The van der Waals surface area contributed by atoms with Gasteiger partial charge in [-0.15, -0.1) is 0 Å². The summed E-state index contributed by atoms with van der Waals surface area (Å²) in [6.45, 7) is 5.99. The van der Waals surface area contributed by atoms with Crippen LogP contribution in [0.2, 0.25) is 0 Å². The Labute approximate surface area is 186 Å². The predicted octanol–water partition coefficient (Wildman–Crippen LogP) is 3.09. The van der Waals surface area contributed by atoms with Gasteiger partial charge in [0.1, 0.15) is 18.0 Å². The number of hydrogen-bond donors (Lipinski definition) is 2. The first kappa shape index (κ1) is 23.3. The molecule has 9 heteroatoms. The van der Waals surface area contributed by atoms with Crippen LogP contribution in [0.25, 0.3) is 0 Å². The van der Waals surface area contributed by atoms with Gasteiger partial charge in [0.05, 0.1) is 6.61 Å². The molecule has 2 heterocycles. The second kappa shape index (κ2) is 9.84. The summed E-state index contributed by atoms with van der Waals surface area (Å²) < 4.78 is 11.7. The van der Waals surface area contributed by atoms with Gasteiger partial charge < -0.3 is 19.9 Å². The molecule has 2 aromatic rings. The second-order valence-corrected chi connectivity index (χ2v) is 8.10. The van der Waals surface area contributed by atoms with E-state index in [4.69, 9.17) is 9.47 Å². The van der Waals surface area contributed by atoms with E-state index in [1.54, 1.807) is 6.92 Å². The van der Waals surface area contributed by atoms with Crippen LogP contribution in [0.4, 0.5) is 4.79 Å². The molecule has 2 unspecified atom stereocenters. The Morgan fingerprint density at radius 3 is 2.62 bits per heavy atom. The maximum atomic E-state index is 12.9. The zero-order chi connectivity index (χ0) is 23.3. The quantitative estimate of drug-likeness (QED) is 0.631. The van der Waals surface area contributed by atoms with E-state index in [0.29, 0.717) is 25.8 Å². The van der Waals surface area contributed by atoms with Crippen molar-refractivity contribution < 1.29 is 24.2 Å². The molecule has 0 saturated carbocycles. The van der Waals surface area contributed by atoms with Gasteiger partial charge in [0.2, 0.25) is 5.75 Å². The Balaban J connectivity index is 1.99.